The van der Waals surface area contributed by atoms with E-state index in [9.17, 15) is 33.0 Å². The molecule has 2 saturated heterocycles. The summed E-state index contributed by atoms with van der Waals surface area (Å²) in [6.07, 6.45) is -0.747. The Labute approximate surface area is 181 Å². The highest BCUT2D eigenvalue weighted by atomic mass is 32.2. The molecule has 3 heterocycles. The number of aromatic hydroxyl groups is 2. The Morgan fingerprint density at radius 1 is 1.25 bits per heavy atom. The average molecular weight is 469 g/mol. The SMILES string of the molecule is CS(=O)(=O)OC1=C(OC(=O)O)N2C(=O)[C@@H]3[C@H]2C1CCN3C(=O)NCc1ccc(O)c(O)c1. The first-order valence-electron chi connectivity index (χ1n) is 9.40. The lowest BCUT2D eigenvalue weighted by Crippen LogP contribution is -2.74. The largest absolute Gasteiger partial charge is 0.512 e. The minimum absolute atomic E-state index is 0.00988. The normalized spacial score (nSPS) is 24.0. The topological polar surface area (TPSA) is 183 Å². The molecule has 0 bridgehead atoms. The fourth-order valence-electron chi connectivity index (χ4n) is 4.23. The second kappa shape index (κ2) is 7.47. The van der Waals surface area contributed by atoms with E-state index in [0.29, 0.717) is 5.56 Å². The number of β-lactam (4-membered cyclic amide) rings is 1. The molecule has 3 amide bonds. The van der Waals surface area contributed by atoms with Gasteiger partial charge in [0.2, 0.25) is 0 Å². The van der Waals surface area contributed by atoms with Crippen LogP contribution in [0.3, 0.4) is 0 Å². The number of piperidine rings is 1. The number of carboxylic acid groups (broad SMARTS) is 1. The fourth-order valence-corrected chi connectivity index (χ4v) is 4.75. The fraction of sp³-hybridized carbons (Fsp3) is 0.389. The van der Waals surface area contributed by atoms with Crippen molar-refractivity contribution < 1.29 is 47.0 Å². The molecule has 0 spiro atoms. The third-order valence-electron chi connectivity index (χ3n) is 5.48. The Balaban J connectivity index is 1.51. The lowest BCUT2D eigenvalue weighted by molar-refractivity contribution is -0.160. The molecule has 14 heteroatoms. The quantitative estimate of drug-likeness (QED) is 0.199. The van der Waals surface area contributed by atoms with Gasteiger partial charge in [-0.2, -0.15) is 8.42 Å². The Bertz CT molecular complexity index is 1150. The van der Waals surface area contributed by atoms with Gasteiger partial charge in [0.1, 0.15) is 6.04 Å². The predicted octanol–water partition coefficient (Wildman–Crippen LogP) is 0.0622. The molecule has 4 rings (SSSR count). The van der Waals surface area contributed by atoms with Crippen molar-refractivity contribution >= 4 is 28.2 Å². The number of urea groups is 1. The van der Waals surface area contributed by atoms with Crippen molar-refractivity contribution in [2.24, 2.45) is 5.92 Å². The monoisotopic (exact) mass is 469 g/mol. The first-order chi connectivity index (χ1) is 15.0. The van der Waals surface area contributed by atoms with Crippen molar-refractivity contribution in [1.82, 2.24) is 15.1 Å². The maximum Gasteiger partial charge on any atom is 0.512 e. The van der Waals surface area contributed by atoms with Gasteiger partial charge in [-0.3, -0.25) is 9.69 Å². The van der Waals surface area contributed by atoms with E-state index in [2.05, 4.69) is 10.1 Å². The molecule has 172 valence electrons. The Kier molecular flexibility index (Phi) is 5.03. The van der Waals surface area contributed by atoms with Crippen LogP contribution < -0.4 is 5.32 Å². The molecule has 1 aromatic carbocycles. The number of nitrogens with zero attached hydrogens (tertiary/aromatic N) is 2. The van der Waals surface area contributed by atoms with E-state index in [0.717, 1.165) is 11.2 Å². The minimum Gasteiger partial charge on any atom is -0.504 e. The van der Waals surface area contributed by atoms with Crippen molar-refractivity contribution in [2.45, 2.75) is 25.0 Å². The highest BCUT2D eigenvalue weighted by Crippen LogP contribution is 2.49. The molecule has 3 aliphatic heterocycles. The number of phenolic OH excluding ortho intramolecular Hbond substituents is 2. The van der Waals surface area contributed by atoms with E-state index in [1.54, 1.807) is 0 Å². The third-order valence-corrected chi connectivity index (χ3v) is 5.96. The summed E-state index contributed by atoms with van der Waals surface area (Å²) in [5, 5.41) is 30.5. The molecule has 13 nitrogen and oxygen atoms in total. The molecule has 0 aliphatic carbocycles. The Morgan fingerprint density at radius 3 is 2.59 bits per heavy atom. The van der Waals surface area contributed by atoms with Crippen LogP contribution in [-0.4, -0.2) is 76.5 Å². The number of amides is 3. The van der Waals surface area contributed by atoms with Crippen molar-refractivity contribution in [2.75, 3.05) is 12.8 Å². The van der Waals surface area contributed by atoms with Gasteiger partial charge in [0.05, 0.1) is 12.3 Å². The number of carbonyl (C=O) groups is 3. The second-order valence-corrected chi connectivity index (χ2v) is 9.11. The van der Waals surface area contributed by atoms with Crippen LogP contribution in [0.2, 0.25) is 0 Å². The first-order valence-corrected chi connectivity index (χ1v) is 11.2. The number of hydrogen-bond acceptors (Lipinski definition) is 9. The van der Waals surface area contributed by atoms with Crippen LogP contribution in [0.5, 0.6) is 11.5 Å². The lowest BCUT2D eigenvalue weighted by Gasteiger charge is -2.52. The molecule has 1 aromatic rings. The number of hydrogen-bond donors (Lipinski definition) is 4. The van der Waals surface area contributed by atoms with Gasteiger partial charge >= 0.3 is 22.3 Å². The zero-order chi connectivity index (χ0) is 23.4. The number of carbonyl (C=O) groups excluding carboxylic acids is 2. The van der Waals surface area contributed by atoms with E-state index in [1.807, 2.05) is 0 Å². The summed E-state index contributed by atoms with van der Waals surface area (Å²) in [5.41, 5.74) is 0.508. The molecule has 0 saturated carbocycles. The summed E-state index contributed by atoms with van der Waals surface area (Å²) >= 11 is 0. The minimum atomic E-state index is -4.02. The molecular formula is C18H19N3O10S. The smallest absolute Gasteiger partial charge is 0.504 e. The van der Waals surface area contributed by atoms with Crippen LogP contribution >= 0.6 is 0 Å². The Morgan fingerprint density at radius 2 is 1.97 bits per heavy atom. The first kappa shape index (κ1) is 21.5. The van der Waals surface area contributed by atoms with E-state index in [-0.39, 0.29) is 36.8 Å². The highest BCUT2D eigenvalue weighted by Gasteiger charge is 2.65. The van der Waals surface area contributed by atoms with Crippen molar-refractivity contribution in [3.8, 4) is 11.5 Å². The van der Waals surface area contributed by atoms with Crippen LogP contribution in [0.4, 0.5) is 9.59 Å². The summed E-state index contributed by atoms with van der Waals surface area (Å²) in [4.78, 5) is 38.8. The molecule has 1 unspecified atom stereocenters. The van der Waals surface area contributed by atoms with Crippen molar-refractivity contribution in [3.05, 3.63) is 35.4 Å². The Hall–Kier alpha value is -3.68. The zero-order valence-electron chi connectivity index (χ0n) is 16.6. The van der Waals surface area contributed by atoms with Gasteiger partial charge in [0.15, 0.2) is 17.3 Å². The number of ether oxygens (including phenoxy) is 1. The number of rotatable bonds is 5. The molecule has 0 aromatic heterocycles. The van der Waals surface area contributed by atoms with Crippen LogP contribution in [0.1, 0.15) is 12.0 Å². The van der Waals surface area contributed by atoms with Crippen molar-refractivity contribution in [1.29, 1.82) is 0 Å². The average Bonchev–Trinajstić information content (AvgIpc) is 2.97. The number of phenols is 2. The maximum atomic E-state index is 12.8. The van der Waals surface area contributed by atoms with E-state index < -0.39 is 52.1 Å². The van der Waals surface area contributed by atoms with E-state index >= 15 is 0 Å². The lowest BCUT2D eigenvalue weighted by atomic mass is 9.80. The second-order valence-electron chi connectivity index (χ2n) is 7.54. The van der Waals surface area contributed by atoms with E-state index in [1.165, 1.54) is 23.1 Å². The highest BCUT2D eigenvalue weighted by molar-refractivity contribution is 7.86. The third kappa shape index (κ3) is 3.62. The van der Waals surface area contributed by atoms with E-state index in [4.69, 9.17) is 9.29 Å². The summed E-state index contributed by atoms with van der Waals surface area (Å²) in [6, 6.07) is 1.81. The summed E-state index contributed by atoms with van der Waals surface area (Å²) in [6.45, 7) is 0.0883. The van der Waals surface area contributed by atoms with Crippen LogP contribution in [-0.2, 0) is 30.4 Å². The van der Waals surface area contributed by atoms with Gasteiger partial charge in [0.25, 0.3) is 11.8 Å². The van der Waals surface area contributed by atoms with Crippen molar-refractivity contribution in [3.63, 3.8) is 0 Å². The van der Waals surface area contributed by atoms with Crippen LogP contribution in [0.15, 0.2) is 29.8 Å². The number of benzene rings is 1. The molecule has 32 heavy (non-hydrogen) atoms. The van der Waals surface area contributed by atoms with Crippen LogP contribution in [0.25, 0.3) is 0 Å². The molecule has 4 N–H and O–H groups in total. The van der Waals surface area contributed by atoms with Gasteiger partial charge < -0.3 is 34.5 Å². The zero-order valence-corrected chi connectivity index (χ0v) is 17.4. The predicted molar refractivity (Wildman–Crippen MR) is 103 cm³/mol. The van der Waals surface area contributed by atoms with Gasteiger partial charge in [0, 0.05) is 19.0 Å². The summed E-state index contributed by atoms with van der Waals surface area (Å²) in [7, 11) is -4.02. The van der Waals surface area contributed by atoms with Gasteiger partial charge in [-0.1, -0.05) is 6.07 Å². The standard InChI is InChI=1S/C18H19N3O10S/c1-32(28,29)31-14-9-4-5-20(13-12(9)21(15(13)24)16(14)30-18(26)27)17(25)19-7-8-2-3-10(22)11(23)6-8/h2-3,6,9,12-13,22-23H,4-5,7H2,1H3,(H,19,25)(H,26,27)/t9?,12-,13+/m1/s1. The number of likely N-dealkylation sites (tertiary alicyclic amines) is 1. The molecular weight excluding hydrogens is 450 g/mol. The number of nitrogens with one attached hydrogen (secondary N) is 1. The molecule has 0 radical (unpaired) electrons. The molecule has 3 atom stereocenters. The summed E-state index contributed by atoms with van der Waals surface area (Å²) in [5.74, 6) is -2.69. The maximum absolute atomic E-state index is 12.8. The molecule has 3 aliphatic rings. The van der Waals surface area contributed by atoms with Gasteiger partial charge in [-0.25, -0.2) is 9.59 Å². The van der Waals surface area contributed by atoms with Crippen LogP contribution in [0, 0.1) is 5.92 Å². The molecule has 2 fully saturated rings. The van der Waals surface area contributed by atoms with Gasteiger partial charge in [-0.05, 0) is 24.1 Å². The van der Waals surface area contributed by atoms with Gasteiger partial charge in [-0.15, -0.1) is 0 Å². The summed E-state index contributed by atoms with van der Waals surface area (Å²) < 4.78 is 32.9.